The van der Waals surface area contributed by atoms with Crippen molar-refractivity contribution in [1.29, 1.82) is 0 Å². The van der Waals surface area contributed by atoms with E-state index in [0.29, 0.717) is 12.8 Å². The molecule has 0 aromatic heterocycles. The number of rotatable bonds is 7. The minimum absolute atomic E-state index is 0.0901. The van der Waals surface area contributed by atoms with Gasteiger partial charge in [-0.05, 0) is 78.5 Å². The minimum atomic E-state index is -3.49. The number of nitrogens with one attached hydrogen (secondary N) is 2. The molecular formula is C19H23BrN2O3S. The number of hydrogen-bond acceptors (Lipinski definition) is 3. The van der Waals surface area contributed by atoms with Crippen molar-refractivity contribution < 1.29 is 13.2 Å². The minimum Gasteiger partial charge on any atom is -0.325 e. The van der Waals surface area contributed by atoms with E-state index in [1.165, 1.54) is 0 Å². The highest BCUT2D eigenvalue weighted by atomic mass is 79.9. The van der Waals surface area contributed by atoms with Gasteiger partial charge in [0.25, 0.3) is 0 Å². The summed E-state index contributed by atoms with van der Waals surface area (Å²) in [6.07, 6.45) is 0.851. The van der Waals surface area contributed by atoms with Crippen LogP contribution in [-0.2, 0) is 21.2 Å². The molecule has 0 spiro atoms. The zero-order chi connectivity index (χ0) is 19.3. The van der Waals surface area contributed by atoms with Crippen molar-refractivity contribution in [3.63, 3.8) is 0 Å². The number of carbonyl (C=O) groups excluding carboxylic acids is 1. The fraction of sp³-hybridized carbons (Fsp3) is 0.316. The Morgan fingerprint density at radius 2 is 1.77 bits per heavy atom. The number of benzene rings is 2. The highest BCUT2D eigenvalue weighted by molar-refractivity contribution is 9.10. The summed E-state index contributed by atoms with van der Waals surface area (Å²) in [5.74, 6) is -0.0901. The lowest BCUT2D eigenvalue weighted by Crippen LogP contribution is -2.30. The van der Waals surface area contributed by atoms with Crippen LogP contribution < -0.4 is 10.0 Å². The van der Waals surface area contributed by atoms with E-state index in [0.717, 1.165) is 21.3 Å². The quantitative estimate of drug-likeness (QED) is 0.685. The highest BCUT2D eigenvalue weighted by Crippen LogP contribution is 2.23. The third-order valence-corrected chi connectivity index (χ3v) is 5.99. The maximum absolute atomic E-state index is 12.1. The fourth-order valence-electron chi connectivity index (χ4n) is 2.41. The maximum atomic E-state index is 12.1. The van der Waals surface area contributed by atoms with Crippen LogP contribution in [0, 0.1) is 6.92 Å². The zero-order valence-corrected chi connectivity index (χ0v) is 17.4. The molecule has 26 heavy (non-hydrogen) atoms. The van der Waals surface area contributed by atoms with Gasteiger partial charge in [0.05, 0.1) is 10.6 Å². The molecule has 0 bridgehead atoms. The summed E-state index contributed by atoms with van der Waals surface area (Å²) < 4.78 is 27.6. The second kappa shape index (κ2) is 8.79. The van der Waals surface area contributed by atoms with E-state index in [4.69, 9.17) is 0 Å². The number of halogens is 1. The van der Waals surface area contributed by atoms with E-state index in [1.807, 2.05) is 25.1 Å². The average molecular weight is 439 g/mol. The topological polar surface area (TPSA) is 75.3 Å². The first-order chi connectivity index (χ1) is 12.2. The van der Waals surface area contributed by atoms with Gasteiger partial charge in [0.1, 0.15) is 0 Å². The van der Waals surface area contributed by atoms with E-state index in [1.54, 1.807) is 38.1 Å². The summed E-state index contributed by atoms with van der Waals surface area (Å²) in [7, 11) is -3.49. The van der Waals surface area contributed by atoms with Gasteiger partial charge in [-0.2, -0.15) is 0 Å². The van der Waals surface area contributed by atoms with E-state index in [2.05, 4.69) is 26.0 Å². The van der Waals surface area contributed by atoms with Crippen molar-refractivity contribution in [1.82, 2.24) is 4.72 Å². The standard InChI is InChI=1S/C19H23BrN2O3S/c1-13(2)22-26(24,25)16-8-5-15(6-9-16)7-11-19(23)21-18-10-4-14(3)12-17(18)20/h4-6,8-10,12-13,22H,7,11H2,1-3H3,(H,21,23). The van der Waals surface area contributed by atoms with Crippen LogP contribution in [0.1, 0.15) is 31.4 Å². The lowest BCUT2D eigenvalue weighted by atomic mass is 10.1. The van der Waals surface area contributed by atoms with Crippen LogP contribution >= 0.6 is 15.9 Å². The molecule has 0 radical (unpaired) electrons. The second-order valence-electron chi connectivity index (χ2n) is 6.45. The Morgan fingerprint density at radius 1 is 1.12 bits per heavy atom. The Morgan fingerprint density at radius 3 is 2.35 bits per heavy atom. The largest absolute Gasteiger partial charge is 0.325 e. The van der Waals surface area contributed by atoms with Gasteiger partial charge in [-0.25, -0.2) is 13.1 Å². The number of aryl methyl sites for hydroxylation is 2. The van der Waals surface area contributed by atoms with Gasteiger partial charge < -0.3 is 5.32 Å². The molecule has 2 N–H and O–H groups in total. The molecule has 0 atom stereocenters. The van der Waals surface area contributed by atoms with Crippen molar-refractivity contribution >= 4 is 37.5 Å². The zero-order valence-electron chi connectivity index (χ0n) is 15.0. The highest BCUT2D eigenvalue weighted by Gasteiger charge is 2.15. The first-order valence-corrected chi connectivity index (χ1v) is 10.6. The average Bonchev–Trinajstić information content (AvgIpc) is 2.55. The van der Waals surface area contributed by atoms with Crippen molar-refractivity contribution in [2.75, 3.05) is 5.32 Å². The van der Waals surface area contributed by atoms with Gasteiger partial charge in [-0.1, -0.05) is 18.2 Å². The molecule has 0 aliphatic rings. The van der Waals surface area contributed by atoms with Crippen LogP contribution in [-0.4, -0.2) is 20.4 Å². The molecule has 0 fully saturated rings. The lowest BCUT2D eigenvalue weighted by Gasteiger charge is -2.10. The van der Waals surface area contributed by atoms with Crippen LogP contribution in [0.3, 0.4) is 0 Å². The Balaban J connectivity index is 1.94. The van der Waals surface area contributed by atoms with Crippen molar-refractivity contribution in [2.24, 2.45) is 0 Å². The van der Waals surface area contributed by atoms with E-state index in [-0.39, 0.29) is 16.8 Å². The predicted molar refractivity (Wildman–Crippen MR) is 108 cm³/mol. The van der Waals surface area contributed by atoms with Crippen LogP contribution in [0.2, 0.25) is 0 Å². The summed E-state index contributed by atoms with van der Waals surface area (Å²) >= 11 is 3.44. The molecule has 0 aliphatic heterocycles. The maximum Gasteiger partial charge on any atom is 0.240 e. The third kappa shape index (κ3) is 5.93. The normalized spacial score (nSPS) is 11.6. The summed E-state index contributed by atoms with van der Waals surface area (Å²) in [6, 6.07) is 12.2. The number of hydrogen-bond donors (Lipinski definition) is 2. The van der Waals surface area contributed by atoms with Crippen LogP contribution in [0.15, 0.2) is 51.8 Å². The first-order valence-electron chi connectivity index (χ1n) is 8.34. The second-order valence-corrected chi connectivity index (χ2v) is 9.02. The summed E-state index contributed by atoms with van der Waals surface area (Å²) in [4.78, 5) is 12.4. The summed E-state index contributed by atoms with van der Waals surface area (Å²) in [5.41, 5.74) is 2.75. The Kier molecular flexibility index (Phi) is 6.97. The van der Waals surface area contributed by atoms with Crippen LogP contribution in [0.25, 0.3) is 0 Å². The lowest BCUT2D eigenvalue weighted by molar-refractivity contribution is -0.116. The molecular weight excluding hydrogens is 416 g/mol. The third-order valence-electron chi connectivity index (χ3n) is 3.66. The Bertz CT molecular complexity index is 878. The van der Waals surface area contributed by atoms with Gasteiger partial charge in [0.15, 0.2) is 0 Å². The number of amides is 1. The molecule has 140 valence electrons. The smallest absolute Gasteiger partial charge is 0.240 e. The predicted octanol–water partition coefficient (Wildman–Crippen LogP) is 4.02. The molecule has 7 heteroatoms. The Hall–Kier alpha value is -1.70. The van der Waals surface area contributed by atoms with Gasteiger partial charge >= 0.3 is 0 Å². The van der Waals surface area contributed by atoms with Crippen LogP contribution in [0.5, 0.6) is 0 Å². The number of sulfonamides is 1. The molecule has 0 saturated heterocycles. The van der Waals surface area contributed by atoms with Gasteiger partial charge in [-0.3, -0.25) is 4.79 Å². The molecule has 2 aromatic carbocycles. The van der Waals surface area contributed by atoms with Gasteiger partial charge in [-0.15, -0.1) is 0 Å². The van der Waals surface area contributed by atoms with E-state index in [9.17, 15) is 13.2 Å². The fourth-order valence-corrected chi connectivity index (χ4v) is 4.25. The SMILES string of the molecule is Cc1ccc(NC(=O)CCc2ccc(S(=O)(=O)NC(C)C)cc2)c(Br)c1. The molecule has 0 aliphatic carbocycles. The molecule has 0 unspecified atom stereocenters. The van der Waals surface area contributed by atoms with Crippen molar-refractivity contribution in [3.05, 3.63) is 58.1 Å². The van der Waals surface area contributed by atoms with Gasteiger partial charge in [0.2, 0.25) is 15.9 Å². The summed E-state index contributed by atoms with van der Waals surface area (Å²) in [5, 5.41) is 2.87. The Labute approximate surface area is 163 Å². The summed E-state index contributed by atoms with van der Waals surface area (Å²) in [6.45, 7) is 5.53. The van der Waals surface area contributed by atoms with E-state index < -0.39 is 10.0 Å². The van der Waals surface area contributed by atoms with Crippen molar-refractivity contribution in [2.45, 2.75) is 44.6 Å². The monoisotopic (exact) mass is 438 g/mol. The molecule has 0 saturated carbocycles. The first kappa shape index (κ1) is 20.6. The molecule has 2 rings (SSSR count). The van der Waals surface area contributed by atoms with Crippen molar-refractivity contribution in [3.8, 4) is 0 Å². The van der Waals surface area contributed by atoms with Gasteiger partial charge in [0, 0.05) is 16.9 Å². The number of carbonyl (C=O) groups is 1. The molecule has 5 nitrogen and oxygen atoms in total. The number of anilines is 1. The molecule has 1 amide bonds. The van der Waals surface area contributed by atoms with Crippen LogP contribution in [0.4, 0.5) is 5.69 Å². The molecule has 2 aromatic rings. The molecule has 0 heterocycles. The van der Waals surface area contributed by atoms with E-state index >= 15 is 0 Å².